The molecule has 0 aliphatic rings. The van der Waals surface area contributed by atoms with E-state index in [1.54, 1.807) is 0 Å². The van der Waals surface area contributed by atoms with E-state index in [-0.39, 0.29) is 6.04 Å². The SMILES string of the molecule is CC(C)COc1ccc(Br)c(C(N)CC(C)C)c1. The molecule has 2 N–H and O–H groups in total. The maximum atomic E-state index is 6.24. The van der Waals surface area contributed by atoms with Crippen molar-refractivity contribution in [3.8, 4) is 5.75 Å². The molecule has 2 nitrogen and oxygen atoms in total. The predicted octanol–water partition coefficient (Wildman–Crippen LogP) is 4.53. The molecule has 0 amide bonds. The molecule has 102 valence electrons. The van der Waals surface area contributed by atoms with Crippen LogP contribution in [0.25, 0.3) is 0 Å². The normalized spacial score (nSPS) is 13.1. The van der Waals surface area contributed by atoms with Gasteiger partial charge < -0.3 is 10.5 Å². The lowest BCUT2D eigenvalue weighted by atomic mass is 9.98. The van der Waals surface area contributed by atoms with Crippen molar-refractivity contribution in [3.63, 3.8) is 0 Å². The van der Waals surface area contributed by atoms with E-state index in [1.807, 2.05) is 12.1 Å². The van der Waals surface area contributed by atoms with Crippen molar-refractivity contribution in [1.29, 1.82) is 0 Å². The first kappa shape index (κ1) is 15.5. The minimum absolute atomic E-state index is 0.0574. The quantitative estimate of drug-likeness (QED) is 0.837. The second kappa shape index (κ2) is 7.15. The van der Waals surface area contributed by atoms with Gasteiger partial charge in [-0.25, -0.2) is 0 Å². The second-order valence-corrected chi connectivity index (χ2v) is 6.48. The Balaban J connectivity index is 2.80. The van der Waals surface area contributed by atoms with E-state index in [9.17, 15) is 0 Å². The van der Waals surface area contributed by atoms with Gasteiger partial charge in [0.2, 0.25) is 0 Å². The summed E-state index contributed by atoms with van der Waals surface area (Å²) in [5.41, 5.74) is 7.37. The topological polar surface area (TPSA) is 35.2 Å². The van der Waals surface area contributed by atoms with E-state index in [0.717, 1.165) is 28.8 Å². The van der Waals surface area contributed by atoms with Crippen LogP contribution in [0.4, 0.5) is 0 Å². The lowest BCUT2D eigenvalue weighted by Gasteiger charge is -2.18. The van der Waals surface area contributed by atoms with Crippen LogP contribution < -0.4 is 10.5 Å². The number of rotatable bonds is 6. The van der Waals surface area contributed by atoms with Crippen LogP contribution in [-0.4, -0.2) is 6.61 Å². The van der Waals surface area contributed by atoms with Crippen molar-refractivity contribution in [2.75, 3.05) is 6.61 Å². The smallest absolute Gasteiger partial charge is 0.119 e. The summed E-state index contributed by atoms with van der Waals surface area (Å²) < 4.78 is 6.80. The molecule has 0 radical (unpaired) electrons. The van der Waals surface area contributed by atoms with Crippen LogP contribution in [-0.2, 0) is 0 Å². The van der Waals surface area contributed by atoms with E-state index >= 15 is 0 Å². The molecule has 0 aromatic heterocycles. The molecule has 1 aromatic rings. The Morgan fingerprint density at radius 1 is 1.17 bits per heavy atom. The van der Waals surface area contributed by atoms with Gasteiger partial charge in [0.25, 0.3) is 0 Å². The van der Waals surface area contributed by atoms with Crippen LogP contribution in [0.5, 0.6) is 5.75 Å². The highest BCUT2D eigenvalue weighted by molar-refractivity contribution is 9.10. The van der Waals surface area contributed by atoms with Gasteiger partial charge in [-0.1, -0.05) is 43.6 Å². The number of benzene rings is 1. The fraction of sp³-hybridized carbons (Fsp3) is 0.600. The van der Waals surface area contributed by atoms with Gasteiger partial charge in [-0.15, -0.1) is 0 Å². The summed E-state index contributed by atoms with van der Waals surface area (Å²) in [6, 6.07) is 6.12. The average Bonchev–Trinajstić information content (AvgIpc) is 2.26. The van der Waals surface area contributed by atoms with Crippen LogP contribution in [0.15, 0.2) is 22.7 Å². The maximum absolute atomic E-state index is 6.24. The third kappa shape index (κ3) is 4.99. The summed E-state index contributed by atoms with van der Waals surface area (Å²) in [6.07, 6.45) is 0.978. The molecule has 3 heteroatoms. The third-order valence-corrected chi connectivity index (χ3v) is 3.40. The van der Waals surface area contributed by atoms with Gasteiger partial charge in [0.15, 0.2) is 0 Å². The van der Waals surface area contributed by atoms with Crippen molar-refractivity contribution < 1.29 is 4.74 Å². The molecule has 0 fully saturated rings. The zero-order valence-corrected chi connectivity index (χ0v) is 13.3. The van der Waals surface area contributed by atoms with E-state index < -0.39 is 0 Å². The van der Waals surface area contributed by atoms with Crippen LogP contribution in [0.3, 0.4) is 0 Å². The van der Waals surface area contributed by atoms with Gasteiger partial charge in [0.1, 0.15) is 5.75 Å². The van der Waals surface area contributed by atoms with Crippen LogP contribution in [0.2, 0.25) is 0 Å². The zero-order chi connectivity index (χ0) is 13.7. The number of hydrogen-bond donors (Lipinski definition) is 1. The molecular weight excluding hydrogens is 290 g/mol. The largest absolute Gasteiger partial charge is 0.493 e. The van der Waals surface area contributed by atoms with E-state index in [1.165, 1.54) is 0 Å². The number of hydrogen-bond acceptors (Lipinski definition) is 2. The standard InChI is InChI=1S/C15H24BrNO/c1-10(2)7-15(17)13-8-12(5-6-14(13)16)18-9-11(3)4/h5-6,8,10-11,15H,7,9,17H2,1-4H3. The fourth-order valence-corrected chi connectivity index (χ4v) is 2.33. The molecule has 0 bridgehead atoms. The van der Waals surface area contributed by atoms with Crippen molar-refractivity contribution >= 4 is 15.9 Å². The first-order chi connectivity index (χ1) is 8.40. The summed E-state index contributed by atoms with van der Waals surface area (Å²) in [7, 11) is 0. The van der Waals surface area contributed by atoms with Gasteiger partial charge >= 0.3 is 0 Å². The fourth-order valence-electron chi connectivity index (χ4n) is 1.79. The van der Waals surface area contributed by atoms with E-state index in [0.29, 0.717) is 11.8 Å². The van der Waals surface area contributed by atoms with Crippen molar-refractivity contribution in [2.45, 2.75) is 40.2 Å². The van der Waals surface area contributed by atoms with Gasteiger partial charge in [-0.3, -0.25) is 0 Å². The van der Waals surface area contributed by atoms with Crippen molar-refractivity contribution in [1.82, 2.24) is 0 Å². The Morgan fingerprint density at radius 2 is 1.83 bits per heavy atom. The highest BCUT2D eigenvalue weighted by Gasteiger charge is 2.13. The van der Waals surface area contributed by atoms with E-state index in [2.05, 4.69) is 49.7 Å². The monoisotopic (exact) mass is 313 g/mol. The highest BCUT2D eigenvalue weighted by atomic mass is 79.9. The third-order valence-electron chi connectivity index (χ3n) is 2.68. The molecular formula is C15H24BrNO. The van der Waals surface area contributed by atoms with Gasteiger partial charge in [0, 0.05) is 10.5 Å². The number of halogens is 1. The molecule has 0 saturated heterocycles. The molecule has 0 heterocycles. The van der Waals surface area contributed by atoms with Gasteiger partial charge in [0.05, 0.1) is 6.61 Å². The minimum Gasteiger partial charge on any atom is -0.493 e. The van der Waals surface area contributed by atoms with Crippen molar-refractivity contribution in [2.24, 2.45) is 17.6 Å². The first-order valence-corrected chi connectivity index (χ1v) is 7.37. The van der Waals surface area contributed by atoms with Crippen LogP contribution in [0.1, 0.15) is 45.7 Å². The number of ether oxygens (including phenoxy) is 1. The molecule has 18 heavy (non-hydrogen) atoms. The predicted molar refractivity (Wildman–Crippen MR) is 80.9 cm³/mol. The van der Waals surface area contributed by atoms with Gasteiger partial charge in [-0.05, 0) is 42.0 Å². The molecule has 1 aromatic carbocycles. The molecule has 1 atom stereocenters. The Kier molecular flexibility index (Phi) is 6.16. The van der Waals surface area contributed by atoms with Crippen molar-refractivity contribution in [3.05, 3.63) is 28.2 Å². The minimum atomic E-state index is 0.0574. The number of nitrogens with two attached hydrogens (primary N) is 1. The summed E-state index contributed by atoms with van der Waals surface area (Å²) in [5.74, 6) is 2.02. The summed E-state index contributed by atoms with van der Waals surface area (Å²) >= 11 is 3.57. The Hall–Kier alpha value is -0.540. The summed E-state index contributed by atoms with van der Waals surface area (Å²) in [5, 5.41) is 0. The summed E-state index contributed by atoms with van der Waals surface area (Å²) in [4.78, 5) is 0. The first-order valence-electron chi connectivity index (χ1n) is 6.58. The van der Waals surface area contributed by atoms with E-state index in [4.69, 9.17) is 10.5 Å². The highest BCUT2D eigenvalue weighted by Crippen LogP contribution is 2.30. The van der Waals surface area contributed by atoms with Gasteiger partial charge in [-0.2, -0.15) is 0 Å². The lowest BCUT2D eigenvalue weighted by Crippen LogP contribution is -2.14. The molecule has 1 unspecified atom stereocenters. The molecule has 0 saturated carbocycles. The lowest BCUT2D eigenvalue weighted by molar-refractivity contribution is 0.270. The van der Waals surface area contributed by atoms with Crippen LogP contribution >= 0.6 is 15.9 Å². The molecule has 0 aliphatic heterocycles. The van der Waals surface area contributed by atoms with Crippen LogP contribution in [0, 0.1) is 11.8 Å². The molecule has 1 rings (SSSR count). The molecule has 0 spiro atoms. The maximum Gasteiger partial charge on any atom is 0.119 e. The Bertz CT molecular complexity index is 377. The zero-order valence-electron chi connectivity index (χ0n) is 11.7. The Labute approximate surface area is 119 Å². The molecule has 0 aliphatic carbocycles. The second-order valence-electron chi connectivity index (χ2n) is 5.62. The Morgan fingerprint density at radius 3 is 2.39 bits per heavy atom. The summed E-state index contributed by atoms with van der Waals surface area (Å²) in [6.45, 7) is 9.40. The average molecular weight is 314 g/mol.